The molecule has 11 nitrogen and oxygen atoms in total. The molecule has 1 fully saturated rings. The molecule has 232 valence electrons. The number of piperazine rings is 1. The number of nitrogens with zero attached hydrogens (tertiary/aromatic N) is 5. The van der Waals surface area contributed by atoms with Gasteiger partial charge in [-0.2, -0.15) is 4.98 Å². The van der Waals surface area contributed by atoms with Gasteiger partial charge in [-0.15, -0.1) is 0 Å². The molecule has 4 heterocycles. The van der Waals surface area contributed by atoms with Crippen molar-refractivity contribution in [3.63, 3.8) is 0 Å². The molecule has 6 rings (SSSR count). The van der Waals surface area contributed by atoms with Crippen molar-refractivity contribution in [2.24, 2.45) is 0 Å². The van der Waals surface area contributed by atoms with E-state index in [-0.39, 0.29) is 10.8 Å². The zero-order chi connectivity index (χ0) is 30.6. The molecule has 3 aliphatic rings. The molecular formula is C30H40ClN7O4S. The number of ether oxygens (including phenoxy) is 2. The number of rotatable bonds is 5. The van der Waals surface area contributed by atoms with Crippen LogP contribution in [0.5, 0.6) is 11.5 Å². The smallest absolute Gasteiger partial charge is 0.234 e. The Morgan fingerprint density at radius 2 is 1.86 bits per heavy atom. The van der Waals surface area contributed by atoms with E-state index in [1.807, 2.05) is 6.07 Å². The Labute approximate surface area is 259 Å². The molecule has 3 aromatic rings. The number of likely N-dealkylation sites (N-methyl/N-ethyl adjacent to an activating group) is 1. The van der Waals surface area contributed by atoms with Crippen LogP contribution in [-0.4, -0.2) is 83.0 Å². The van der Waals surface area contributed by atoms with Crippen LogP contribution in [0.2, 0.25) is 5.02 Å². The van der Waals surface area contributed by atoms with Crippen LogP contribution in [0.25, 0.3) is 0 Å². The lowest BCUT2D eigenvalue weighted by Gasteiger charge is -2.35. The van der Waals surface area contributed by atoms with E-state index in [0.717, 1.165) is 57.5 Å². The summed E-state index contributed by atoms with van der Waals surface area (Å²) in [5.74, 6) is 1.88. The van der Waals surface area contributed by atoms with Crippen molar-refractivity contribution in [1.82, 2.24) is 14.9 Å². The van der Waals surface area contributed by atoms with Crippen LogP contribution in [0.4, 0.5) is 34.5 Å². The van der Waals surface area contributed by atoms with E-state index in [9.17, 15) is 8.42 Å². The van der Waals surface area contributed by atoms with E-state index in [0.29, 0.717) is 41.2 Å². The Morgan fingerprint density at radius 1 is 1.07 bits per heavy atom. The van der Waals surface area contributed by atoms with E-state index >= 15 is 0 Å². The maximum Gasteiger partial charge on any atom is 0.234 e. The highest BCUT2D eigenvalue weighted by atomic mass is 35.5. The molecule has 0 aliphatic carbocycles. The van der Waals surface area contributed by atoms with Gasteiger partial charge < -0.3 is 29.9 Å². The van der Waals surface area contributed by atoms with E-state index in [4.69, 9.17) is 21.1 Å². The second-order valence-electron chi connectivity index (χ2n) is 10.8. The van der Waals surface area contributed by atoms with Crippen molar-refractivity contribution >= 4 is 56.1 Å². The average molecular weight is 630 g/mol. The van der Waals surface area contributed by atoms with Crippen LogP contribution in [-0.2, 0) is 16.4 Å². The second kappa shape index (κ2) is 13.4. The van der Waals surface area contributed by atoms with Crippen molar-refractivity contribution in [3.05, 3.63) is 47.1 Å². The predicted molar refractivity (Wildman–Crippen MR) is 174 cm³/mol. The molecule has 3 aliphatic heterocycles. The number of aromatic nitrogens is 2. The quantitative estimate of drug-likeness (QED) is 0.387. The first kappa shape index (κ1) is 31.0. The maximum atomic E-state index is 12.8. The lowest BCUT2D eigenvalue weighted by molar-refractivity contribution is 0.305. The van der Waals surface area contributed by atoms with Crippen LogP contribution in [0.1, 0.15) is 31.7 Å². The normalized spacial score (nSPS) is 16.3. The number of benzene rings is 2. The minimum absolute atomic E-state index is 0.0478. The van der Waals surface area contributed by atoms with Crippen molar-refractivity contribution < 1.29 is 17.9 Å². The Morgan fingerprint density at radius 3 is 2.60 bits per heavy atom. The largest absolute Gasteiger partial charge is 0.494 e. The van der Waals surface area contributed by atoms with Gasteiger partial charge in [0.05, 0.1) is 42.7 Å². The molecule has 0 spiro atoms. The van der Waals surface area contributed by atoms with Gasteiger partial charge in [0.2, 0.25) is 16.0 Å². The number of halogens is 1. The van der Waals surface area contributed by atoms with E-state index in [2.05, 4.69) is 49.6 Å². The molecular weight excluding hydrogens is 590 g/mol. The molecule has 0 saturated carbocycles. The van der Waals surface area contributed by atoms with Crippen molar-refractivity contribution in [2.45, 2.75) is 32.6 Å². The molecule has 0 radical (unpaired) electrons. The molecule has 2 aromatic carbocycles. The first-order valence-electron chi connectivity index (χ1n) is 14.6. The standard InChI is InChI=1S/C30H40ClN7O4S/c1-5-43(39,40)37(3)27-18-22-10-11-24(27)33-29-23(31)20-32-30(35-29)34-25-17-21(9-7-6-8-16-42-22)26(19-28(25)41-4)38-14-12-36(2)13-15-38/h10-11,17-20H,5-9,12-16H2,1-4H3,(H2,32,33,34,35). The molecule has 6 bridgehead atoms. The van der Waals surface area contributed by atoms with Gasteiger partial charge in [-0.3, -0.25) is 4.31 Å². The summed E-state index contributed by atoms with van der Waals surface area (Å²) < 4.78 is 38.8. The van der Waals surface area contributed by atoms with Gasteiger partial charge >= 0.3 is 0 Å². The Kier molecular flexibility index (Phi) is 9.68. The lowest BCUT2D eigenvalue weighted by Crippen LogP contribution is -2.44. The summed E-state index contributed by atoms with van der Waals surface area (Å²) in [5.41, 5.74) is 4.12. The second-order valence-corrected chi connectivity index (χ2v) is 13.5. The number of hydrogen-bond acceptors (Lipinski definition) is 10. The highest BCUT2D eigenvalue weighted by molar-refractivity contribution is 7.92. The summed E-state index contributed by atoms with van der Waals surface area (Å²) >= 11 is 6.52. The highest BCUT2D eigenvalue weighted by Gasteiger charge is 2.23. The zero-order valence-electron chi connectivity index (χ0n) is 25.2. The minimum Gasteiger partial charge on any atom is -0.494 e. The molecule has 2 N–H and O–H groups in total. The van der Waals surface area contributed by atoms with Gasteiger partial charge in [-0.1, -0.05) is 11.6 Å². The Bertz CT molecular complexity index is 1550. The van der Waals surface area contributed by atoms with E-state index in [1.54, 1.807) is 26.2 Å². The van der Waals surface area contributed by atoms with Gasteiger partial charge in [-0.05, 0) is 63.4 Å². The topological polar surface area (TPSA) is 112 Å². The zero-order valence-corrected chi connectivity index (χ0v) is 26.8. The third kappa shape index (κ3) is 7.19. The monoisotopic (exact) mass is 629 g/mol. The van der Waals surface area contributed by atoms with Crippen LogP contribution in [0.3, 0.4) is 0 Å². The summed E-state index contributed by atoms with van der Waals surface area (Å²) in [6.07, 6.45) is 5.25. The van der Waals surface area contributed by atoms with E-state index < -0.39 is 10.0 Å². The fraction of sp³-hybridized carbons (Fsp3) is 0.467. The minimum atomic E-state index is -3.55. The van der Waals surface area contributed by atoms with Crippen LogP contribution in [0, 0.1) is 0 Å². The average Bonchev–Trinajstić information content (AvgIpc) is 3.00. The number of methoxy groups -OCH3 is 1. The maximum absolute atomic E-state index is 12.8. The molecule has 0 atom stereocenters. The predicted octanol–water partition coefficient (Wildman–Crippen LogP) is 5.27. The fourth-order valence-electron chi connectivity index (χ4n) is 5.28. The summed E-state index contributed by atoms with van der Waals surface area (Å²) in [5, 5.41) is 6.84. The third-order valence-corrected chi connectivity index (χ3v) is 9.98. The van der Waals surface area contributed by atoms with Gasteiger partial charge in [-0.25, -0.2) is 13.4 Å². The number of hydrogen-bond donors (Lipinski definition) is 2. The molecule has 13 heteroatoms. The summed E-state index contributed by atoms with van der Waals surface area (Å²) in [6.45, 7) is 6.07. The third-order valence-electron chi connectivity index (χ3n) is 7.94. The first-order chi connectivity index (χ1) is 20.7. The number of sulfonamides is 1. The SMILES string of the molecule is CCS(=O)(=O)N(C)c1cc2ccc1Nc1nc(ncc1Cl)Nc1cc(c(N3CCN(C)CC3)cc1OC)CCCCCO2. The number of nitrogens with one attached hydrogen (secondary N) is 2. The summed E-state index contributed by atoms with van der Waals surface area (Å²) in [4.78, 5) is 13.9. The summed E-state index contributed by atoms with van der Waals surface area (Å²) in [6, 6.07) is 9.56. The first-order valence-corrected chi connectivity index (χ1v) is 16.6. The number of anilines is 6. The molecule has 1 aromatic heterocycles. The van der Waals surface area contributed by atoms with Crippen LogP contribution in [0.15, 0.2) is 36.5 Å². The molecule has 0 unspecified atom stereocenters. The molecule has 43 heavy (non-hydrogen) atoms. The van der Waals surface area contributed by atoms with Gasteiger partial charge in [0.1, 0.15) is 16.5 Å². The molecule has 0 amide bonds. The van der Waals surface area contributed by atoms with Crippen LogP contribution >= 0.6 is 11.6 Å². The highest BCUT2D eigenvalue weighted by Crippen LogP contribution is 2.38. The number of fused-ring (bicyclic) bond motifs is 7. The Balaban J connectivity index is 1.54. The van der Waals surface area contributed by atoms with Crippen molar-refractivity contribution in [3.8, 4) is 11.5 Å². The van der Waals surface area contributed by atoms with Crippen molar-refractivity contribution in [2.75, 3.05) is 79.6 Å². The molecule has 1 saturated heterocycles. The van der Waals surface area contributed by atoms with Gasteiger partial charge in [0.25, 0.3) is 0 Å². The van der Waals surface area contributed by atoms with Gasteiger partial charge in [0.15, 0.2) is 5.82 Å². The summed E-state index contributed by atoms with van der Waals surface area (Å²) in [7, 11) is 1.80. The van der Waals surface area contributed by atoms with Gasteiger partial charge in [0, 0.05) is 51.0 Å². The lowest BCUT2D eigenvalue weighted by atomic mass is 10.0. The number of aryl methyl sites for hydroxylation is 1. The van der Waals surface area contributed by atoms with Crippen molar-refractivity contribution in [1.29, 1.82) is 0 Å². The van der Waals surface area contributed by atoms with Crippen LogP contribution < -0.4 is 29.3 Å². The Hall–Kier alpha value is -3.48. The van der Waals surface area contributed by atoms with E-state index in [1.165, 1.54) is 28.8 Å². The fourth-order valence-corrected chi connectivity index (χ4v) is 6.26.